The Morgan fingerprint density at radius 3 is 2.75 bits per heavy atom. The predicted octanol–water partition coefficient (Wildman–Crippen LogP) is 3.29. The highest BCUT2D eigenvalue weighted by Gasteiger charge is 2.13. The monoisotopic (exact) mass is 275 g/mol. The molecular formula is C15H18FN3O. The third-order valence-electron chi connectivity index (χ3n) is 2.96. The van der Waals surface area contributed by atoms with Gasteiger partial charge in [0.15, 0.2) is 11.6 Å². The van der Waals surface area contributed by atoms with Crippen LogP contribution in [0.3, 0.4) is 0 Å². The molecule has 0 aliphatic carbocycles. The lowest BCUT2D eigenvalue weighted by Gasteiger charge is -2.10. The predicted molar refractivity (Wildman–Crippen MR) is 77.5 cm³/mol. The van der Waals surface area contributed by atoms with E-state index in [1.807, 2.05) is 0 Å². The molecule has 1 N–H and O–H groups in total. The van der Waals surface area contributed by atoms with Gasteiger partial charge in [-0.25, -0.2) is 14.4 Å². The van der Waals surface area contributed by atoms with E-state index in [0.717, 1.165) is 12.8 Å². The van der Waals surface area contributed by atoms with Crippen molar-refractivity contribution in [2.45, 2.75) is 19.8 Å². The lowest BCUT2D eigenvalue weighted by molar-refractivity contribution is 0.387. The van der Waals surface area contributed by atoms with Gasteiger partial charge in [0.05, 0.1) is 12.8 Å². The Morgan fingerprint density at radius 1 is 1.30 bits per heavy atom. The molecule has 0 saturated heterocycles. The quantitative estimate of drug-likeness (QED) is 0.909. The highest BCUT2D eigenvalue weighted by atomic mass is 19.1. The molecule has 0 amide bonds. The maximum absolute atomic E-state index is 14.3. The molecule has 1 aromatic carbocycles. The fraction of sp³-hybridized carbons (Fsp3) is 0.333. The number of aromatic nitrogens is 2. The standard InChI is InChI=1S/C15H18FN3O/c1-4-6-13-18-11(9-14(17-2)19-13)10-7-5-8-12(20-3)15(10)16/h5,7-9H,4,6H2,1-3H3,(H,17,18,19). The summed E-state index contributed by atoms with van der Waals surface area (Å²) in [5.41, 5.74) is 0.977. The molecule has 0 bridgehead atoms. The zero-order chi connectivity index (χ0) is 14.5. The molecule has 0 radical (unpaired) electrons. The van der Waals surface area contributed by atoms with E-state index in [0.29, 0.717) is 22.9 Å². The Morgan fingerprint density at radius 2 is 2.10 bits per heavy atom. The van der Waals surface area contributed by atoms with Crippen molar-refractivity contribution in [1.29, 1.82) is 0 Å². The first-order valence-electron chi connectivity index (χ1n) is 6.58. The van der Waals surface area contributed by atoms with Crippen LogP contribution in [0.1, 0.15) is 19.2 Å². The molecule has 4 nitrogen and oxygen atoms in total. The molecule has 0 aliphatic heterocycles. The van der Waals surface area contributed by atoms with Crippen LogP contribution in [0.5, 0.6) is 5.75 Å². The lowest BCUT2D eigenvalue weighted by atomic mass is 10.1. The van der Waals surface area contributed by atoms with Crippen molar-refractivity contribution in [3.8, 4) is 17.0 Å². The van der Waals surface area contributed by atoms with E-state index in [1.54, 1.807) is 31.3 Å². The summed E-state index contributed by atoms with van der Waals surface area (Å²) in [6, 6.07) is 6.76. The van der Waals surface area contributed by atoms with Crippen LogP contribution in [0.2, 0.25) is 0 Å². The summed E-state index contributed by atoms with van der Waals surface area (Å²) in [5.74, 6) is 1.19. The van der Waals surface area contributed by atoms with Gasteiger partial charge in [-0.1, -0.05) is 13.0 Å². The van der Waals surface area contributed by atoms with Crippen molar-refractivity contribution in [1.82, 2.24) is 9.97 Å². The molecule has 20 heavy (non-hydrogen) atoms. The molecule has 1 aromatic heterocycles. The molecule has 2 aromatic rings. The van der Waals surface area contributed by atoms with Gasteiger partial charge in [0, 0.05) is 25.1 Å². The SMILES string of the molecule is CCCc1nc(NC)cc(-c2cccc(OC)c2F)n1. The Balaban J connectivity index is 2.54. The number of halogens is 1. The zero-order valence-corrected chi connectivity index (χ0v) is 11.9. The van der Waals surface area contributed by atoms with Gasteiger partial charge in [-0.05, 0) is 18.6 Å². The van der Waals surface area contributed by atoms with Crippen LogP contribution in [0.15, 0.2) is 24.3 Å². The minimum Gasteiger partial charge on any atom is -0.494 e. The summed E-state index contributed by atoms with van der Waals surface area (Å²) in [4.78, 5) is 8.79. The normalized spacial score (nSPS) is 10.4. The average molecular weight is 275 g/mol. The molecule has 0 atom stereocenters. The van der Waals surface area contributed by atoms with Crippen LogP contribution in [0, 0.1) is 5.82 Å². The van der Waals surface area contributed by atoms with E-state index < -0.39 is 5.82 Å². The van der Waals surface area contributed by atoms with E-state index in [2.05, 4.69) is 22.2 Å². The minimum absolute atomic E-state index is 0.212. The summed E-state index contributed by atoms with van der Waals surface area (Å²) >= 11 is 0. The number of rotatable bonds is 5. The van der Waals surface area contributed by atoms with E-state index >= 15 is 0 Å². The highest BCUT2D eigenvalue weighted by Crippen LogP contribution is 2.28. The summed E-state index contributed by atoms with van der Waals surface area (Å²) in [6.07, 6.45) is 1.70. The number of anilines is 1. The molecular weight excluding hydrogens is 257 g/mol. The zero-order valence-electron chi connectivity index (χ0n) is 11.9. The van der Waals surface area contributed by atoms with Gasteiger partial charge in [0.1, 0.15) is 11.6 Å². The number of hydrogen-bond donors (Lipinski definition) is 1. The third kappa shape index (κ3) is 2.87. The number of aryl methyl sites for hydroxylation is 1. The Hall–Kier alpha value is -2.17. The molecule has 2 rings (SSSR count). The number of ether oxygens (including phenoxy) is 1. The van der Waals surface area contributed by atoms with Crippen molar-refractivity contribution in [2.75, 3.05) is 19.5 Å². The van der Waals surface area contributed by atoms with Gasteiger partial charge in [0.2, 0.25) is 0 Å². The van der Waals surface area contributed by atoms with Gasteiger partial charge < -0.3 is 10.1 Å². The molecule has 5 heteroatoms. The fourth-order valence-corrected chi connectivity index (χ4v) is 1.96. The second-order valence-corrected chi connectivity index (χ2v) is 4.38. The van der Waals surface area contributed by atoms with E-state index in [9.17, 15) is 4.39 Å². The minimum atomic E-state index is -0.404. The molecule has 0 saturated carbocycles. The second kappa shape index (κ2) is 6.32. The fourth-order valence-electron chi connectivity index (χ4n) is 1.96. The first-order chi connectivity index (χ1) is 9.69. The second-order valence-electron chi connectivity index (χ2n) is 4.38. The van der Waals surface area contributed by atoms with Crippen LogP contribution < -0.4 is 10.1 Å². The molecule has 1 heterocycles. The van der Waals surface area contributed by atoms with Crippen LogP contribution in [0.4, 0.5) is 10.2 Å². The summed E-state index contributed by atoms with van der Waals surface area (Å²) in [7, 11) is 3.23. The van der Waals surface area contributed by atoms with Gasteiger partial charge in [0.25, 0.3) is 0 Å². The van der Waals surface area contributed by atoms with Crippen molar-refractivity contribution >= 4 is 5.82 Å². The van der Waals surface area contributed by atoms with Gasteiger partial charge in [-0.3, -0.25) is 0 Å². The Bertz CT molecular complexity index is 602. The van der Waals surface area contributed by atoms with E-state index in [-0.39, 0.29) is 5.75 Å². The Labute approximate surface area is 118 Å². The molecule has 0 aliphatic rings. The van der Waals surface area contributed by atoms with Crippen molar-refractivity contribution in [2.24, 2.45) is 0 Å². The average Bonchev–Trinajstić information content (AvgIpc) is 2.47. The number of nitrogens with zero attached hydrogens (tertiary/aromatic N) is 2. The van der Waals surface area contributed by atoms with Gasteiger partial charge in [-0.2, -0.15) is 0 Å². The van der Waals surface area contributed by atoms with Crippen LogP contribution in [0.25, 0.3) is 11.3 Å². The van der Waals surface area contributed by atoms with Crippen molar-refractivity contribution in [3.63, 3.8) is 0 Å². The summed E-state index contributed by atoms with van der Waals surface area (Å²) in [6.45, 7) is 2.06. The number of nitrogens with one attached hydrogen (secondary N) is 1. The van der Waals surface area contributed by atoms with Gasteiger partial charge >= 0.3 is 0 Å². The van der Waals surface area contributed by atoms with E-state index in [4.69, 9.17) is 4.74 Å². The van der Waals surface area contributed by atoms with Crippen LogP contribution >= 0.6 is 0 Å². The topological polar surface area (TPSA) is 47.0 Å². The lowest BCUT2D eigenvalue weighted by Crippen LogP contribution is -2.02. The maximum atomic E-state index is 14.3. The van der Waals surface area contributed by atoms with Crippen molar-refractivity contribution in [3.05, 3.63) is 35.9 Å². The summed E-state index contributed by atoms with van der Waals surface area (Å²) in [5, 5.41) is 2.98. The Kier molecular flexibility index (Phi) is 4.50. The third-order valence-corrected chi connectivity index (χ3v) is 2.96. The first-order valence-corrected chi connectivity index (χ1v) is 6.58. The highest BCUT2D eigenvalue weighted by molar-refractivity contribution is 5.65. The first kappa shape index (κ1) is 14.2. The number of hydrogen-bond acceptors (Lipinski definition) is 4. The number of benzene rings is 1. The molecule has 0 spiro atoms. The largest absolute Gasteiger partial charge is 0.494 e. The van der Waals surface area contributed by atoms with Gasteiger partial charge in [-0.15, -0.1) is 0 Å². The molecule has 106 valence electrons. The molecule has 0 fully saturated rings. The van der Waals surface area contributed by atoms with E-state index in [1.165, 1.54) is 7.11 Å². The van der Waals surface area contributed by atoms with Crippen LogP contribution in [-0.2, 0) is 6.42 Å². The van der Waals surface area contributed by atoms with Crippen LogP contribution in [-0.4, -0.2) is 24.1 Å². The molecule has 0 unspecified atom stereocenters. The smallest absolute Gasteiger partial charge is 0.174 e. The maximum Gasteiger partial charge on any atom is 0.174 e. The summed E-state index contributed by atoms with van der Waals surface area (Å²) < 4.78 is 19.3. The number of methoxy groups -OCH3 is 1. The van der Waals surface area contributed by atoms with Crippen molar-refractivity contribution < 1.29 is 9.13 Å².